The Hall–Kier alpha value is -3.00. The molecule has 1 aliphatic rings. The Balaban J connectivity index is 1.67. The van der Waals surface area contributed by atoms with Gasteiger partial charge in [0.05, 0.1) is 13.2 Å². The Labute approximate surface area is 150 Å². The molecule has 0 saturated carbocycles. The molecule has 136 valence electrons. The smallest absolute Gasteiger partial charge is 0.277 e. The molecule has 0 fully saturated rings. The summed E-state index contributed by atoms with van der Waals surface area (Å²) >= 11 is 0. The first-order valence-electron chi connectivity index (χ1n) is 8.50. The van der Waals surface area contributed by atoms with Crippen molar-refractivity contribution >= 4 is 17.5 Å². The van der Waals surface area contributed by atoms with Crippen molar-refractivity contribution < 1.29 is 19.1 Å². The Bertz CT molecular complexity index is 826. The van der Waals surface area contributed by atoms with Gasteiger partial charge < -0.3 is 14.8 Å². The number of nitrogens with one attached hydrogen (secondary N) is 1. The second kappa shape index (κ2) is 7.92. The molecule has 2 N–H and O–H groups in total. The molecular weight excluding hydrogens is 336 g/mol. The van der Waals surface area contributed by atoms with E-state index in [0.717, 1.165) is 29.7 Å². The van der Waals surface area contributed by atoms with Crippen LogP contribution in [-0.4, -0.2) is 45.2 Å². The van der Waals surface area contributed by atoms with Crippen LogP contribution in [0.4, 0.5) is 5.69 Å². The molecule has 1 aliphatic heterocycles. The van der Waals surface area contributed by atoms with Crippen LogP contribution in [0, 0.1) is 0 Å². The second-order valence-electron chi connectivity index (χ2n) is 5.88. The maximum absolute atomic E-state index is 12.1. The van der Waals surface area contributed by atoms with Gasteiger partial charge in [-0.3, -0.25) is 14.5 Å². The van der Waals surface area contributed by atoms with Crippen molar-refractivity contribution in [3.8, 4) is 11.5 Å². The number of β-amino-alcohol motifs (C(OH)–C–C–N with tert-alkyl or cyclic N) is 1. The van der Waals surface area contributed by atoms with Crippen LogP contribution in [-0.2, 0) is 16.0 Å². The van der Waals surface area contributed by atoms with Crippen molar-refractivity contribution in [3.63, 3.8) is 0 Å². The number of aliphatic hydroxyl groups excluding tert-OH is 1. The molecule has 0 aliphatic carbocycles. The normalized spacial score (nSPS) is 14.1. The van der Waals surface area contributed by atoms with Crippen LogP contribution in [0.15, 0.2) is 40.5 Å². The monoisotopic (exact) mass is 356 g/mol. The van der Waals surface area contributed by atoms with E-state index in [2.05, 4.69) is 22.4 Å². The van der Waals surface area contributed by atoms with E-state index in [-0.39, 0.29) is 18.8 Å². The lowest BCUT2D eigenvalue weighted by Gasteiger charge is -2.13. The predicted octanol–water partition coefficient (Wildman–Crippen LogP) is 1.74. The quantitative estimate of drug-likeness (QED) is 0.693. The summed E-state index contributed by atoms with van der Waals surface area (Å²) < 4.78 is 5.63. The van der Waals surface area contributed by atoms with Gasteiger partial charge in [-0.1, -0.05) is 13.3 Å². The number of anilines is 1. The Morgan fingerprint density at radius 1 is 1.19 bits per heavy atom. The fourth-order valence-electron chi connectivity index (χ4n) is 2.56. The van der Waals surface area contributed by atoms with Crippen LogP contribution >= 0.6 is 0 Å². The number of unbranched alkanes of at least 4 members (excludes halogenated alkanes) is 1. The van der Waals surface area contributed by atoms with Crippen molar-refractivity contribution in [3.05, 3.63) is 41.9 Å². The third kappa shape index (κ3) is 3.80. The highest BCUT2D eigenvalue weighted by molar-refractivity contribution is 6.17. The van der Waals surface area contributed by atoms with Gasteiger partial charge in [0.1, 0.15) is 5.70 Å². The van der Waals surface area contributed by atoms with Crippen LogP contribution < -0.4 is 5.32 Å². The van der Waals surface area contributed by atoms with E-state index in [0.29, 0.717) is 17.5 Å². The molecule has 1 aromatic carbocycles. The largest absolute Gasteiger partial charge is 0.421 e. The number of rotatable bonds is 8. The molecule has 0 radical (unpaired) electrons. The SMILES string of the molecule is CCCCc1nnc(-c2ccc(NC3=CC(=O)N(CCO)C3=O)cc2)o1. The maximum Gasteiger partial charge on any atom is 0.277 e. The van der Waals surface area contributed by atoms with Crippen molar-refractivity contribution in [1.29, 1.82) is 0 Å². The molecule has 2 aromatic rings. The zero-order valence-electron chi connectivity index (χ0n) is 14.4. The maximum atomic E-state index is 12.1. The summed E-state index contributed by atoms with van der Waals surface area (Å²) in [5, 5.41) is 19.9. The van der Waals surface area contributed by atoms with Gasteiger partial charge in [-0.2, -0.15) is 0 Å². The van der Waals surface area contributed by atoms with E-state index in [9.17, 15) is 9.59 Å². The van der Waals surface area contributed by atoms with Crippen LogP contribution in [0.25, 0.3) is 11.5 Å². The number of carbonyl (C=O) groups excluding carboxylic acids is 2. The van der Waals surface area contributed by atoms with Gasteiger partial charge in [-0.25, -0.2) is 0 Å². The summed E-state index contributed by atoms with van der Waals surface area (Å²) in [6.07, 6.45) is 4.05. The molecule has 2 heterocycles. The number of imide groups is 1. The van der Waals surface area contributed by atoms with Crippen molar-refractivity contribution in [2.75, 3.05) is 18.5 Å². The van der Waals surface area contributed by atoms with Crippen molar-refractivity contribution in [1.82, 2.24) is 15.1 Å². The number of hydrogen-bond donors (Lipinski definition) is 2. The summed E-state index contributed by atoms with van der Waals surface area (Å²) in [4.78, 5) is 24.9. The lowest BCUT2D eigenvalue weighted by Crippen LogP contribution is -2.34. The summed E-state index contributed by atoms with van der Waals surface area (Å²) in [6.45, 7) is 1.82. The molecular formula is C18H20N4O4. The first kappa shape index (κ1) is 17.8. The van der Waals surface area contributed by atoms with Crippen LogP contribution in [0.3, 0.4) is 0 Å². The fraction of sp³-hybridized carbons (Fsp3) is 0.333. The molecule has 0 unspecified atom stereocenters. The highest BCUT2D eigenvalue weighted by Crippen LogP contribution is 2.23. The lowest BCUT2D eigenvalue weighted by atomic mass is 10.2. The summed E-state index contributed by atoms with van der Waals surface area (Å²) in [5.74, 6) is 0.176. The molecule has 1 aromatic heterocycles. The van der Waals surface area contributed by atoms with E-state index in [1.807, 2.05) is 0 Å². The Morgan fingerprint density at radius 2 is 1.96 bits per heavy atom. The number of carbonyl (C=O) groups is 2. The average molecular weight is 356 g/mol. The zero-order chi connectivity index (χ0) is 18.5. The number of aryl methyl sites for hydroxylation is 1. The van der Waals surface area contributed by atoms with Gasteiger partial charge in [0.25, 0.3) is 11.8 Å². The van der Waals surface area contributed by atoms with E-state index in [4.69, 9.17) is 9.52 Å². The minimum Gasteiger partial charge on any atom is -0.421 e. The highest BCUT2D eigenvalue weighted by Gasteiger charge is 2.30. The van der Waals surface area contributed by atoms with E-state index in [1.54, 1.807) is 24.3 Å². The molecule has 8 heteroatoms. The third-order valence-corrected chi connectivity index (χ3v) is 3.95. The number of aliphatic hydroxyl groups is 1. The van der Waals surface area contributed by atoms with E-state index in [1.165, 1.54) is 6.08 Å². The van der Waals surface area contributed by atoms with Gasteiger partial charge in [0, 0.05) is 23.7 Å². The summed E-state index contributed by atoms with van der Waals surface area (Å²) in [5.41, 5.74) is 1.60. The van der Waals surface area contributed by atoms with E-state index < -0.39 is 11.8 Å². The van der Waals surface area contributed by atoms with Crippen LogP contribution in [0.1, 0.15) is 25.7 Å². The number of nitrogens with zero attached hydrogens (tertiary/aromatic N) is 3. The molecule has 0 bridgehead atoms. The summed E-state index contributed by atoms with van der Waals surface area (Å²) in [6, 6.07) is 7.12. The van der Waals surface area contributed by atoms with Gasteiger partial charge in [0.2, 0.25) is 11.8 Å². The predicted molar refractivity (Wildman–Crippen MR) is 93.9 cm³/mol. The topological polar surface area (TPSA) is 109 Å². The third-order valence-electron chi connectivity index (χ3n) is 3.95. The lowest BCUT2D eigenvalue weighted by molar-refractivity contribution is -0.137. The average Bonchev–Trinajstić information content (AvgIpc) is 3.21. The Morgan fingerprint density at radius 3 is 2.65 bits per heavy atom. The second-order valence-corrected chi connectivity index (χ2v) is 5.88. The van der Waals surface area contributed by atoms with Crippen molar-refractivity contribution in [2.45, 2.75) is 26.2 Å². The molecule has 2 amide bonds. The van der Waals surface area contributed by atoms with Gasteiger partial charge in [-0.05, 0) is 30.7 Å². The minimum absolute atomic E-state index is 0.0180. The highest BCUT2D eigenvalue weighted by atomic mass is 16.4. The van der Waals surface area contributed by atoms with Crippen molar-refractivity contribution in [2.24, 2.45) is 0 Å². The van der Waals surface area contributed by atoms with E-state index >= 15 is 0 Å². The fourth-order valence-corrected chi connectivity index (χ4v) is 2.56. The number of benzene rings is 1. The first-order chi connectivity index (χ1) is 12.6. The van der Waals surface area contributed by atoms with Crippen LogP contribution in [0.2, 0.25) is 0 Å². The summed E-state index contributed by atoms with van der Waals surface area (Å²) in [7, 11) is 0. The standard InChI is InChI=1S/C18H20N4O4/c1-2-3-4-15-20-21-17(26-15)12-5-7-13(8-6-12)19-14-11-16(24)22(9-10-23)18(14)25/h5-8,11,19,23H,2-4,9-10H2,1H3. The molecule has 0 spiro atoms. The molecule has 0 saturated heterocycles. The van der Waals surface area contributed by atoms with Gasteiger partial charge in [-0.15, -0.1) is 10.2 Å². The van der Waals surface area contributed by atoms with Gasteiger partial charge in [0.15, 0.2) is 0 Å². The van der Waals surface area contributed by atoms with Gasteiger partial charge >= 0.3 is 0 Å². The van der Waals surface area contributed by atoms with Crippen LogP contribution in [0.5, 0.6) is 0 Å². The molecule has 0 atom stereocenters. The first-order valence-corrected chi connectivity index (χ1v) is 8.50. The molecule has 26 heavy (non-hydrogen) atoms. The zero-order valence-corrected chi connectivity index (χ0v) is 14.4. The minimum atomic E-state index is -0.453. The molecule has 8 nitrogen and oxygen atoms in total. The molecule has 3 rings (SSSR count). The Kier molecular flexibility index (Phi) is 5.43. The number of amides is 2. The number of aromatic nitrogens is 2. The number of hydrogen-bond acceptors (Lipinski definition) is 7.